The maximum atomic E-state index is 5.89. The number of halogens is 2. The average Bonchev–Trinajstić information content (AvgIpc) is 2.36. The fourth-order valence-corrected chi connectivity index (χ4v) is 1.81. The number of hydrogen-bond donors (Lipinski definition) is 2. The number of nitrogens with two attached hydrogens (primary N) is 1. The molecule has 0 spiro atoms. The maximum absolute atomic E-state index is 5.89. The van der Waals surface area contributed by atoms with Gasteiger partial charge in [0.25, 0.3) is 0 Å². The van der Waals surface area contributed by atoms with Crippen molar-refractivity contribution in [1.82, 2.24) is 10.2 Å². The van der Waals surface area contributed by atoms with Crippen LogP contribution >= 0.6 is 23.2 Å². The molecule has 2 rings (SSSR count). The molecular weight excluding hydrogens is 271 g/mol. The van der Waals surface area contributed by atoms with Crippen LogP contribution in [0.2, 0.25) is 10.3 Å². The van der Waals surface area contributed by atoms with Crippen LogP contribution in [0.4, 0.5) is 11.4 Å². The highest BCUT2D eigenvalue weighted by Gasteiger charge is 2.03. The van der Waals surface area contributed by atoms with Crippen LogP contribution in [0.15, 0.2) is 30.3 Å². The van der Waals surface area contributed by atoms with Gasteiger partial charge < -0.3 is 11.1 Å². The lowest BCUT2D eigenvalue weighted by Crippen LogP contribution is -2.06. The Hall–Kier alpha value is -1.52. The zero-order valence-electron chi connectivity index (χ0n) is 9.53. The number of aromatic nitrogens is 2. The van der Waals surface area contributed by atoms with E-state index in [1.807, 2.05) is 24.3 Å². The number of benzene rings is 1. The Bertz CT molecular complexity index is 528. The fourth-order valence-electron chi connectivity index (χ4n) is 1.50. The molecule has 4 nitrogen and oxygen atoms in total. The predicted molar refractivity (Wildman–Crippen MR) is 75.1 cm³/mol. The van der Waals surface area contributed by atoms with Crippen molar-refractivity contribution in [2.75, 3.05) is 17.6 Å². The number of rotatable bonds is 4. The molecule has 1 heterocycles. The first-order chi connectivity index (χ1) is 8.65. The van der Waals surface area contributed by atoms with E-state index in [2.05, 4.69) is 15.5 Å². The van der Waals surface area contributed by atoms with Gasteiger partial charge in [0, 0.05) is 18.3 Å². The first-order valence-electron chi connectivity index (χ1n) is 5.42. The van der Waals surface area contributed by atoms with Gasteiger partial charge in [0.05, 0.1) is 5.69 Å². The van der Waals surface area contributed by atoms with Crippen molar-refractivity contribution in [1.29, 1.82) is 0 Å². The molecule has 0 fully saturated rings. The van der Waals surface area contributed by atoms with Crippen LogP contribution in [0.25, 0.3) is 0 Å². The van der Waals surface area contributed by atoms with Crippen LogP contribution in [0.1, 0.15) is 5.56 Å². The lowest BCUT2D eigenvalue weighted by Gasteiger charge is -2.07. The van der Waals surface area contributed by atoms with E-state index >= 15 is 0 Å². The quantitative estimate of drug-likeness (QED) is 0.847. The second kappa shape index (κ2) is 5.89. The molecule has 0 aliphatic heterocycles. The van der Waals surface area contributed by atoms with Gasteiger partial charge in [-0.25, -0.2) is 0 Å². The Labute approximate surface area is 115 Å². The summed E-state index contributed by atoms with van der Waals surface area (Å²) in [5.74, 6) is 0. The van der Waals surface area contributed by atoms with Crippen molar-refractivity contribution in [2.24, 2.45) is 0 Å². The van der Waals surface area contributed by atoms with Crippen molar-refractivity contribution in [2.45, 2.75) is 6.42 Å². The summed E-state index contributed by atoms with van der Waals surface area (Å²) in [5.41, 5.74) is 8.27. The molecule has 0 saturated carbocycles. The predicted octanol–water partition coefficient (Wildman–Crippen LogP) is 3.02. The third-order valence-corrected chi connectivity index (χ3v) is 2.89. The number of nitrogens with zero attached hydrogens (tertiary/aromatic N) is 2. The summed E-state index contributed by atoms with van der Waals surface area (Å²) in [6, 6.07) is 9.41. The minimum absolute atomic E-state index is 0.314. The van der Waals surface area contributed by atoms with Crippen LogP contribution in [0.3, 0.4) is 0 Å². The topological polar surface area (TPSA) is 63.8 Å². The molecule has 0 aliphatic carbocycles. The first-order valence-corrected chi connectivity index (χ1v) is 6.18. The smallest absolute Gasteiger partial charge is 0.174 e. The number of nitrogen functional groups attached to an aromatic ring is 1. The van der Waals surface area contributed by atoms with Crippen molar-refractivity contribution < 1.29 is 0 Å². The van der Waals surface area contributed by atoms with Gasteiger partial charge in [-0.15, -0.1) is 10.2 Å². The lowest BCUT2D eigenvalue weighted by atomic mass is 10.1. The number of anilines is 2. The van der Waals surface area contributed by atoms with E-state index in [-0.39, 0.29) is 0 Å². The normalized spacial score (nSPS) is 10.3. The van der Waals surface area contributed by atoms with Crippen LogP contribution in [-0.2, 0) is 6.42 Å². The Morgan fingerprint density at radius 2 is 1.83 bits per heavy atom. The Morgan fingerprint density at radius 3 is 2.56 bits per heavy atom. The van der Waals surface area contributed by atoms with Crippen LogP contribution < -0.4 is 11.1 Å². The molecule has 0 radical (unpaired) electrons. The summed E-state index contributed by atoms with van der Waals surface area (Å²) in [7, 11) is 0. The SMILES string of the molecule is Nc1ccc(CCNc2cc(Cl)nnc2Cl)cc1. The van der Waals surface area contributed by atoms with Gasteiger partial charge in [-0.05, 0) is 24.1 Å². The standard InChI is InChI=1S/C12H12Cl2N4/c13-11-7-10(12(14)18-17-11)16-6-5-8-1-3-9(15)4-2-8/h1-4,7H,5-6,15H2,(H,16,17). The molecule has 6 heteroatoms. The van der Waals surface area contributed by atoms with Gasteiger partial charge in [-0.1, -0.05) is 35.3 Å². The summed E-state index contributed by atoms with van der Waals surface area (Å²) in [6.45, 7) is 0.728. The molecule has 0 unspecified atom stereocenters. The minimum atomic E-state index is 0.314. The molecule has 18 heavy (non-hydrogen) atoms. The van der Waals surface area contributed by atoms with Crippen LogP contribution in [0, 0.1) is 0 Å². The largest absolute Gasteiger partial charge is 0.399 e. The van der Waals surface area contributed by atoms with E-state index in [1.165, 1.54) is 5.56 Å². The van der Waals surface area contributed by atoms with Gasteiger partial charge in [0.1, 0.15) is 0 Å². The molecule has 94 valence electrons. The summed E-state index contributed by atoms with van der Waals surface area (Å²) in [5, 5.41) is 11.2. The third-order valence-electron chi connectivity index (χ3n) is 2.43. The number of nitrogens with one attached hydrogen (secondary N) is 1. The van der Waals surface area contributed by atoms with E-state index < -0.39 is 0 Å². The monoisotopic (exact) mass is 282 g/mol. The van der Waals surface area contributed by atoms with E-state index in [1.54, 1.807) is 6.07 Å². The molecular formula is C12H12Cl2N4. The zero-order chi connectivity index (χ0) is 13.0. The Morgan fingerprint density at radius 1 is 1.11 bits per heavy atom. The molecule has 1 aromatic carbocycles. The molecule has 0 aliphatic rings. The molecule has 0 amide bonds. The van der Waals surface area contributed by atoms with Gasteiger partial charge in [0.15, 0.2) is 10.3 Å². The summed E-state index contributed by atoms with van der Waals surface area (Å²) < 4.78 is 0. The van der Waals surface area contributed by atoms with Crippen LogP contribution in [0.5, 0.6) is 0 Å². The highest BCUT2D eigenvalue weighted by atomic mass is 35.5. The zero-order valence-corrected chi connectivity index (χ0v) is 11.0. The molecule has 0 saturated heterocycles. The Kier molecular flexibility index (Phi) is 4.23. The van der Waals surface area contributed by atoms with Gasteiger partial charge >= 0.3 is 0 Å². The summed E-state index contributed by atoms with van der Waals surface area (Å²) in [4.78, 5) is 0. The van der Waals surface area contributed by atoms with Crippen molar-refractivity contribution >= 4 is 34.6 Å². The van der Waals surface area contributed by atoms with Crippen molar-refractivity contribution in [3.05, 3.63) is 46.2 Å². The molecule has 1 aromatic heterocycles. The highest BCUT2D eigenvalue weighted by Crippen LogP contribution is 2.20. The molecule has 3 N–H and O–H groups in total. The molecule has 0 atom stereocenters. The van der Waals surface area contributed by atoms with Gasteiger partial charge in [-0.3, -0.25) is 0 Å². The molecule has 2 aromatic rings. The van der Waals surface area contributed by atoms with Gasteiger partial charge in [-0.2, -0.15) is 0 Å². The van der Waals surface area contributed by atoms with E-state index in [4.69, 9.17) is 28.9 Å². The van der Waals surface area contributed by atoms with E-state index in [0.29, 0.717) is 16.0 Å². The second-order valence-corrected chi connectivity index (χ2v) is 4.54. The van der Waals surface area contributed by atoms with Crippen LogP contribution in [-0.4, -0.2) is 16.7 Å². The minimum Gasteiger partial charge on any atom is -0.399 e. The first kappa shape index (κ1) is 12.9. The summed E-state index contributed by atoms with van der Waals surface area (Å²) in [6.07, 6.45) is 0.858. The molecule has 0 bridgehead atoms. The lowest BCUT2D eigenvalue weighted by molar-refractivity contribution is 0.993. The van der Waals surface area contributed by atoms with Crippen molar-refractivity contribution in [3.8, 4) is 0 Å². The fraction of sp³-hybridized carbons (Fsp3) is 0.167. The van der Waals surface area contributed by atoms with E-state index in [0.717, 1.165) is 18.7 Å². The average molecular weight is 283 g/mol. The van der Waals surface area contributed by atoms with E-state index in [9.17, 15) is 0 Å². The summed E-state index contributed by atoms with van der Waals surface area (Å²) >= 11 is 11.6. The highest BCUT2D eigenvalue weighted by molar-refractivity contribution is 6.33. The Balaban J connectivity index is 1.92. The second-order valence-electron chi connectivity index (χ2n) is 3.79. The maximum Gasteiger partial charge on any atom is 0.174 e. The number of hydrogen-bond acceptors (Lipinski definition) is 4. The third kappa shape index (κ3) is 3.48. The van der Waals surface area contributed by atoms with Crippen molar-refractivity contribution in [3.63, 3.8) is 0 Å². The van der Waals surface area contributed by atoms with Gasteiger partial charge in [0.2, 0.25) is 0 Å².